The third kappa shape index (κ3) is 3.03. The van der Waals surface area contributed by atoms with Crippen LogP contribution in [0.25, 0.3) is 0 Å². The number of carbonyl (C=O) groups is 2. The number of benzene rings is 1. The molecule has 0 aromatic heterocycles. The molecule has 0 radical (unpaired) electrons. The van der Waals surface area contributed by atoms with Gasteiger partial charge in [-0.05, 0) is 24.6 Å². The highest BCUT2D eigenvalue weighted by Gasteiger charge is 2.13. The van der Waals surface area contributed by atoms with Gasteiger partial charge >= 0.3 is 5.97 Å². The van der Waals surface area contributed by atoms with E-state index < -0.39 is 11.8 Å². The summed E-state index contributed by atoms with van der Waals surface area (Å²) in [5, 5.41) is -0.00528. The van der Waals surface area contributed by atoms with Crippen LogP contribution < -0.4 is 0 Å². The molecule has 0 saturated carbocycles. The molecule has 0 saturated heterocycles. The largest absolute Gasteiger partial charge is 0.466 e. The van der Waals surface area contributed by atoms with Crippen molar-refractivity contribution in [3.8, 4) is 0 Å². The van der Waals surface area contributed by atoms with Crippen molar-refractivity contribution >= 4 is 23.9 Å². The summed E-state index contributed by atoms with van der Waals surface area (Å²) in [4.78, 5) is 21.9. The molecule has 0 heterocycles. The Hall–Kier alpha value is -1.42. The van der Waals surface area contributed by atoms with E-state index in [2.05, 4.69) is 0 Å². The Morgan fingerprint density at radius 2 is 2.25 bits per heavy atom. The van der Waals surface area contributed by atoms with Crippen LogP contribution in [0.15, 0.2) is 12.1 Å². The van der Waals surface area contributed by atoms with Crippen molar-refractivity contribution in [2.24, 2.45) is 0 Å². The molecule has 1 aromatic rings. The second-order valence-corrected chi connectivity index (χ2v) is 3.47. The zero-order valence-electron chi connectivity index (χ0n) is 8.63. The maximum Gasteiger partial charge on any atom is 0.310 e. The zero-order chi connectivity index (χ0) is 12.1. The molecule has 86 valence electrons. The van der Waals surface area contributed by atoms with E-state index in [0.29, 0.717) is 6.29 Å². The summed E-state index contributed by atoms with van der Waals surface area (Å²) >= 11 is 5.67. The van der Waals surface area contributed by atoms with Crippen molar-refractivity contribution < 1.29 is 18.7 Å². The van der Waals surface area contributed by atoms with Crippen LogP contribution in [-0.4, -0.2) is 18.9 Å². The van der Waals surface area contributed by atoms with Gasteiger partial charge in [-0.2, -0.15) is 0 Å². The van der Waals surface area contributed by atoms with Gasteiger partial charge in [-0.15, -0.1) is 0 Å². The van der Waals surface area contributed by atoms with E-state index in [1.54, 1.807) is 6.92 Å². The van der Waals surface area contributed by atoms with E-state index in [4.69, 9.17) is 16.3 Å². The van der Waals surface area contributed by atoms with Crippen LogP contribution in [0.1, 0.15) is 22.8 Å². The fraction of sp³-hybridized carbons (Fsp3) is 0.273. The first-order valence-electron chi connectivity index (χ1n) is 4.67. The number of halogens is 2. The summed E-state index contributed by atoms with van der Waals surface area (Å²) < 4.78 is 17.7. The lowest BCUT2D eigenvalue weighted by atomic mass is 10.1. The SMILES string of the molecule is CCOC(=O)Cc1cc(F)cc(Cl)c1C=O. The standard InChI is InChI=1S/C11H10ClFO3/c1-2-16-11(15)4-7-3-8(13)5-10(12)9(7)6-14/h3,5-6H,2,4H2,1H3. The molecule has 0 aliphatic rings. The Kier molecular flexibility index (Phi) is 4.43. The Labute approximate surface area is 97.2 Å². The van der Waals surface area contributed by atoms with Gasteiger partial charge in [-0.1, -0.05) is 11.6 Å². The first-order valence-corrected chi connectivity index (χ1v) is 5.05. The normalized spacial score (nSPS) is 9.94. The molecule has 0 atom stereocenters. The highest BCUT2D eigenvalue weighted by molar-refractivity contribution is 6.33. The minimum atomic E-state index is -0.588. The fourth-order valence-electron chi connectivity index (χ4n) is 1.28. The topological polar surface area (TPSA) is 43.4 Å². The van der Waals surface area contributed by atoms with Crippen molar-refractivity contribution in [1.82, 2.24) is 0 Å². The molecule has 0 aliphatic carbocycles. The number of rotatable bonds is 4. The van der Waals surface area contributed by atoms with Crippen molar-refractivity contribution in [2.45, 2.75) is 13.3 Å². The van der Waals surface area contributed by atoms with E-state index >= 15 is 0 Å². The number of carbonyl (C=O) groups excluding carboxylic acids is 2. The van der Waals surface area contributed by atoms with Crippen molar-refractivity contribution in [1.29, 1.82) is 0 Å². The van der Waals surface area contributed by atoms with Gasteiger partial charge < -0.3 is 4.74 Å². The van der Waals surface area contributed by atoms with Crippen LogP contribution in [0.3, 0.4) is 0 Å². The molecule has 0 bridgehead atoms. The minimum Gasteiger partial charge on any atom is -0.466 e. The minimum absolute atomic E-state index is 0.00528. The van der Waals surface area contributed by atoms with Crippen molar-refractivity contribution in [2.75, 3.05) is 6.61 Å². The highest BCUT2D eigenvalue weighted by atomic mass is 35.5. The van der Waals surface area contributed by atoms with E-state index in [1.165, 1.54) is 0 Å². The summed E-state index contributed by atoms with van der Waals surface area (Å²) in [6, 6.07) is 2.13. The van der Waals surface area contributed by atoms with Crippen LogP contribution in [0.5, 0.6) is 0 Å². The average Bonchev–Trinajstić information content (AvgIpc) is 2.17. The average molecular weight is 245 g/mol. The van der Waals surface area contributed by atoms with Crippen molar-refractivity contribution in [3.05, 3.63) is 34.1 Å². The molecule has 1 rings (SSSR count). The smallest absolute Gasteiger partial charge is 0.310 e. The van der Waals surface area contributed by atoms with Gasteiger partial charge in [-0.25, -0.2) is 4.39 Å². The quantitative estimate of drug-likeness (QED) is 0.603. The maximum atomic E-state index is 13.0. The predicted octanol–water partition coefficient (Wildman–Crippen LogP) is 2.40. The van der Waals surface area contributed by atoms with Crippen LogP contribution in [0.2, 0.25) is 5.02 Å². The van der Waals surface area contributed by atoms with Gasteiger partial charge in [-0.3, -0.25) is 9.59 Å². The molecule has 3 nitrogen and oxygen atoms in total. The summed E-state index contributed by atoms with van der Waals surface area (Å²) in [5.41, 5.74) is 0.356. The van der Waals surface area contributed by atoms with Crippen LogP contribution in [0, 0.1) is 5.82 Å². The first kappa shape index (κ1) is 12.6. The highest BCUT2D eigenvalue weighted by Crippen LogP contribution is 2.21. The number of aldehydes is 1. The van der Waals surface area contributed by atoms with Gasteiger partial charge in [0.1, 0.15) is 5.82 Å². The first-order chi connectivity index (χ1) is 7.58. The Morgan fingerprint density at radius 3 is 2.81 bits per heavy atom. The summed E-state index contributed by atoms with van der Waals surface area (Å²) in [7, 11) is 0. The van der Waals surface area contributed by atoms with Gasteiger partial charge in [0.25, 0.3) is 0 Å². The second kappa shape index (κ2) is 5.61. The Morgan fingerprint density at radius 1 is 1.56 bits per heavy atom. The molecule has 0 spiro atoms. The Balaban J connectivity index is 3.02. The third-order valence-electron chi connectivity index (χ3n) is 1.94. The van der Waals surface area contributed by atoms with Crippen LogP contribution in [0.4, 0.5) is 4.39 Å². The molecule has 16 heavy (non-hydrogen) atoms. The Bertz CT molecular complexity index is 418. The molecule has 0 amide bonds. The van der Waals surface area contributed by atoms with E-state index in [0.717, 1.165) is 12.1 Å². The number of hydrogen-bond acceptors (Lipinski definition) is 3. The van der Waals surface area contributed by atoms with Crippen molar-refractivity contribution in [3.63, 3.8) is 0 Å². The maximum absolute atomic E-state index is 13.0. The molecule has 0 N–H and O–H groups in total. The summed E-state index contributed by atoms with van der Waals surface area (Å²) in [6.45, 7) is 1.90. The van der Waals surface area contributed by atoms with Gasteiger partial charge in [0.2, 0.25) is 0 Å². The number of esters is 1. The van der Waals surface area contributed by atoms with Crippen LogP contribution >= 0.6 is 11.6 Å². The predicted molar refractivity (Wildman–Crippen MR) is 57.1 cm³/mol. The van der Waals surface area contributed by atoms with Crippen LogP contribution in [-0.2, 0) is 16.0 Å². The number of ether oxygens (including phenoxy) is 1. The zero-order valence-corrected chi connectivity index (χ0v) is 9.38. The monoisotopic (exact) mass is 244 g/mol. The lowest BCUT2D eigenvalue weighted by Gasteiger charge is -2.06. The molecular formula is C11H10ClFO3. The van der Waals surface area contributed by atoms with E-state index in [1.807, 2.05) is 0 Å². The lowest BCUT2D eigenvalue weighted by molar-refractivity contribution is -0.142. The van der Waals surface area contributed by atoms with E-state index in [-0.39, 0.29) is 29.2 Å². The fourth-order valence-corrected chi connectivity index (χ4v) is 1.55. The molecule has 1 aromatic carbocycles. The lowest BCUT2D eigenvalue weighted by Crippen LogP contribution is -2.09. The summed E-state index contributed by atoms with van der Waals surface area (Å²) in [5.74, 6) is -1.11. The van der Waals surface area contributed by atoms with E-state index in [9.17, 15) is 14.0 Å². The van der Waals surface area contributed by atoms with Gasteiger partial charge in [0.15, 0.2) is 6.29 Å². The third-order valence-corrected chi connectivity index (χ3v) is 2.25. The molecule has 0 aliphatic heterocycles. The number of hydrogen-bond donors (Lipinski definition) is 0. The van der Waals surface area contributed by atoms with Gasteiger partial charge in [0.05, 0.1) is 18.1 Å². The molecule has 0 fully saturated rings. The molecule has 0 unspecified atom stereocenters. The second-order valence-electron chi connectivity index (χ2n) is 3.06. The molecular weight excluding hydrogens is 235 g/mol. The summed E-state index contributed by atoms with van der Waals surface area (Å²) in [6.07, 6.45) is 0.329. The molecule has 5 heteroatoms. The van der Waals surface area contributed by atoms with Gasteiger partial charge in [0, 0.05) is 5.56 Å².